The first kappa shape index (κ1) is 17.1. The van der Waals surface area contributed by atoms with Crippen LogP contribution in [0.1, 0.15) is 24.1 Å². The van der Waals surface area contributed by atoms with Gasteiger partial charge in [-0.1, -0.05) is 6.07 Å². The predicted octanol–water partition coefficient (Wildman–Crippen LogP) is 3.93. The largest absolute Gasteiger partial charge is 0.497 e. The molecule has 0 spiro atoms. The van der Waals surface area contributed by atoms with Gasteiger partial charge in [-0.3, -0.25) is 0 Å². The van der Waals surface area contributed by atoms with Crippen molar-refractivity contribution in [2.75, 3.05) is 7.11 Å². The number of benzene rings is 2. The molecule has 3 rings (SSSR count). The summed E-state index contributed by atoms with van der Waals surface area (Å²) in [7, 11) is 1.54. The second-order valence-corrected chi connectivity index (χ2v) is 5.73. The van der Waals surface area contributed by atoms with E-state index in [1.165, 1.54) is 19.2 Å². The normalized spacial score (nSPS) is 12.3. The van der Waals surface area contributed by atoms with Crippen molar-refractivity contribution in [3.8, 4) is 5.75 Å². The highest BCUT2D eigenvalue weighted by molar-refractivity contribution is 5.81. The number of rotatable bonds is 5. The van der Waals surface area contributed by atoms with Crippen LogP contribution in [0.15, 0.2) is 51.7 Å². The van der Waals surface area contributed by atoms with Crippen LogP contribution in [0, 0.1) is 11.6 Å². The fraction of sp³-hybridized carbons (Fsp3) is 0.211. The van der Waals surface area contributed by atoms with E-state index < -0.39 is 17.3 Å². The van der Waals surface area contributed by atoms with Crippen LogP contribution in [0.25, 0.3) is 11.0 Å². The fourth-order valence-corrected chi connectivity index (χ4v) is 2.65. The van der Waals surface area contributed by atoms with Crippen LogP contribution in [0.2, 0.25) is 0 Å². The number of methoxy groups -OCH3 is 1. The number of nitrogens with one attached hydrogen (secondary N) is 1. The van der Waals surface area contributed by atoms with Gasteiger partial charge in [-0.05, 0) is 42.3 Å². The van der Waals surface area contributed by atoms with Gasteiger partial charge in [0.25, 0.3) is 0 Å². The minimum Gasteiger partial charge on any atom is -0.497 e. The van der Waals surface area contributed by atoms with E-state index in [0.717, 1.165) is 23.1 Å². The van der Waals surface area contributed by atoms with Crippen LogP contribution >= 0.6 is 0 Å². The highest BCUT2D eigenvalue weighted by atomic mass is 19.2. The highest BCUT2D eigenvalue weighted by Gasteiger charge is 2.11. The average molecular weight is 345 g/mol. The molecule has 130 valence electrons. The molecule has 0 aliphatic rings. The van der Waals surface area contributed by atoms with Gasteiger partial charge in [-0.2, -0.15) is 0 Å². The van der Waals surface area contributed by atoms with Crippen molar-refractivity contribution in [3.63, 3.8) is 0 Å². The van der Waals surface area contributed by atoms with E-state index in [4.69, 9.17) is 9.15 Å². The summed E-state index contributed by atoms with van der Waals surface area (Å²) < 4.78 is 36.8. The van der Waals surface area contributed by atoms with Gasteiger partial charge in [-0.15, -0.1) is 0 Å². The molecule has 0 aliphatic carbocycles. The molecule has 4 nitrogen and oxygen atoms in total. The van der Waals surface area contributed by atoms with Gasteiger partial charge in [0, 0.05) is 30.1 Å². The third-order valence-electron chi connectivity index (χ3n) is 4.08. The van der Waals surface area contributed by atoms with Crippen molar-refractivity contribution in [2.24, 2.45) is 0 Å². The van der Waals surface area contributed by atoms with Crippen molar-refractivity contribution >= 4 is 11.0 Å². The Labute approximate surface area is 143 Å². The topological polar surface area (TPSA) is 51.5 Å². The van der Waals surface area contributed by atoms with E-state index in [-0.39, 0.29) is 6.04 Å². The highest BCUT2D eigenvalue weighted by Crippen LogP contribution is 2.23. The monoisotopic (exact) mass is 345 g/mol. The van der Waals surface area contributed by atoms with Crippen LogP contribution < -0.4 is 15.7 Å². The maximum Gasteiger partial charge on any atom is 0.336 e. The predicted molar refractivity (Wildman–Crippen MR) is 90.6 cm³/mol. The number of hydrogen-bond donors (Lipinski definition) is 1. The fourth-order valence-electron chi connectivity index (χ4n) is 2.65. The Morgan fingerprint density at radius 3 is 2.64 bits per heavy atom. The summed E-state index contributed by atoms with van der Waals surface area (Å²) in [6, 6.07) is 10.2. The molecule has 1 aromatic heterocycles. The van der Waals surface area contributed by atoms with E-state index in [0.29, 0.717) is 23.4 Å². The first-order valence-electron chi connectivity index (χ1n) is 7.77. The number of ether oxygens (including phenoxy) is 1. The van der Waals surface area contributed by atoms with Gasteiger partial charge in [-0.25, -0.2) is 13.6 Å². The third kappa shape index (κ3) is 3.69. The maximum absolute atomic E-state index is 13.4. The van der Waals surface area contributed by atoms with E-state index in [2.05, 4.69) is 5.32 Å². The first-order valence-corrected chi connectivity index (χ1v) is 7.77. The number of hydrogen-bond acceptors (Lipinski definition) is 4. The second-order valence-electron chi connectivity index (χ2n) is 5.73. The Morgan fingerprint density at radius 2 is 1.92 bits per heavy atom. The number of halogens is 2. The van der Waals surface area contributed by atoms with Gasteiger partial charge in [0.15, 0.2) is 11.6 Å². The smallest absolute Gasteiger partial charge is 0.336 e. The Morgan fingerprint density at radius 1 is 1.12 bits per heavy atom. The van der Waals surface area contributed by atoms with Gasteiger partial charge < -0.3 is 14.5 Å². The van der Waals surface area contributed by atoms with Crippen molar-refractivity contribution in [3.05, 3.63) is 75.6 Å². The molecule has 0 radical (unpaired) electrons. The minimum absolute atomic E-state index is 0.226. The van der Waals surface area contributed by atoms with E-state index >= 15 is 0 Å². The van der Waals surface area contributed by atoms with Crippen LogP contribution in [0.4, 0.5) is 8.78 Å². The molecule has 0 amide bonds. The Balaban J connectivity index is 1.85. The summed E-state index contributed by atoms with van der Waals surface area (Å²) >= 11 is 0. The molecule has 0 bridgehead atoms. The minimum atomic E-state index is -0.885. The molecule has 3 aromatic rings. The summed E-state index contributed by atoms with van der Waals surface area (Å²) in [5.41, 5.74) is 1.35. The lowest BCUT2D eigenvalue weighted by Crippen LogP contribution is -2.19. The van der Waals surface area contributed by atoms with Gasteiger partial charge in [0.2, 0.25) is 0 Å². The molecule has 0 fully saturated rings. The quantitative estimate of drug-likeness (QED) is 0.712. The lowest BCUT2D eigenvalue weighted by Gasteiger charge is -2.15. The molecule has 1 N–H and O–H groups in total. The molecule has 1 heterocycles. The van der Waals surface area contributed by atoms with Gasteiger partial charge in [0.05, 0.1) is 7.11 Å². The summed E-state index contributed by atoms with van der Waals surface area (Å²) in [5.74, 6) is -1.17. The molecular formula is C19H17F2NO3. The molecular weight excluding hydrogens is 328 g/mol. The zero-order valence-electron chi connectivity index (χ0n) is 13.8. The van der Waals surface area contributed by atoms with Crippen LogP contribution in [-0.4, -0.2) is 7.11 Å². The zero-order valence-corrected chi connectivity index (χ0v) is 13.8. The standard InChI is InChI=1S/C19H17F2NO3/c1-11(12-3-6-16(20)17(21)7-12)22-10-13-8-19(23)25-18-9-14(24-2)4-5-15(13)18/h3-9,11,22H,10H2,1-2H3/t11-/m1/s1. The first-order chi connectivity index (χ1) is 12.0. The van der Waals surface area contributed by atoms with E-state index in [1.54, 1.807) is 12.1 Å². The Bertz CT molecular complexity index is 969. The lowest BCUT2D eigenvalue weighted by atomic mass is 10.1. The lowest BCUT2D eigenvalue weighted by molar-refractivity contribution is 0.414. The van der Waals surface area contributed by atoms with Crippen molar-refractivity contribution in [1.82, 2.24) is 5.32 Å². The molecule has 0 unspecified atom stereocenters. The maximum atomic E-state index is 13.4. The molecule has 0 saturated carbocycles. The van der Waals surface area contributed by atoms with Gasteiger partial charge in [0.1, 0.15) is 11.3 Å². The molecule has 25 heavy (non-hydrogen) atoms. The molecule has 2 aromatic carbocycles. The second kappa shape index (κ2) is 7.03. The molecule has 0 aliphatic heterocycles. The SMILES string of the molecule is COc1ccc2c(CN[C@H](C)c3ccc(F)c(F)c3)cc(=O)oc2c1. The molecule has 6 heteroatoms. The van der Waals surface area contributed by atoms with Crippen molar-refractivity contribution in [2.45, 2.75) is 19.5 Å². The summed E-state index contributed by atoms with van der Waals surface area (Å²) in [4.78, 5) is 11.8. The third-order valence-corrected chi connectivity index (χ3v) is 4.08. The molecule has 0 saturated heterocycles. The summed E-state index contributed by atoms with van der Waals surface area (Å²) in [6.45, 7) is 2.21. The van der Waals surface area contributed by atoms with Crippen LogP contribution in [-0.2, 0) is 6.54 Å². The van der Waals surface area contributed by atoms with Crippen molar-refractivity contribution in [1.29, 1.82) is 0 Å². The van der Waals surface area contributed by atoms with E-state index in [9.17, 15) is 13.6 Å². The van der Waals surface area contributed by atoms with Crippen LogP contribution in [0.5, 0.6) is 5.75 Å². The van der Waals surface area contributed by atoms with Crippen molar-refractivity contribution < 1.29 is 17.9 Å². The zero-order chi connectivity index (χ0) is 18.0. The Hall–Kier alpha value is -2.73. The molecule has 1 atom stereocenters. The van der Waals surface area contributed by atoms with E-state index in [1.807, 2.05) is 13.0 Å². The van der Waals surface area contributed by atoms with Crippen LogP contribution in [0.3, 0.4) is 0 Å². The number of fused-ring (bicyclic) bond motifs is 1. The summed E-state index contributed by atoms with van der Waals surface area (Å²) in [5, 5.41) is 3.99. The van der Waals surface area contributed by atoms with Gasteiger partial charge >= 0.3 is 5.63 Å². The Kier molecular flexibility index (Phi) is 4.81. The summed E-state index contributed by atoms with van der Waals surface area (Å²) in [6.07, 6.45) is 0. The average Bonchev–Trinajstić information content (AvgIpc) is 2.60.